The molecular weight excluding hydrogens is 347 g/mol. The van der Waals surface area contributed by atoms with Crippen molar-refractivity contribution < 1.29 is 27.5 Å². The van der Waals surface area contributed by atoms with Crippen LogP contribution >= 0.6 is 0 Å². The van der Waals surface area contributed by atoms with Crippen LogP contribution in [0.4, 0.5) is 18.9 Å². The van der Waals surface area contributed by atoms with Crippen molar-refractivity contribution in [2.24, 2.45) is 0 Å². The molecule has 0 saturated heterocycles. The van der Waals surface area contributed by atoms with E-state index in [1.165, 1.54) is 24.5 Å². The van der Waals surface area contributed by atoms with Gasteiger partial charge in [-0.2, -0.15) is 13.2 Å². The topological polar surface area (TPSA) is 46.6 Å². The molecule has 0 fully saturated rings. The van der Waals surface area contributed by atoms with Crippen LogP contribution in [-0.4, -0.2) is 18.4 Å². The molecule has 0 spiro atoms. The van der Waals surface area contributed by atoms with Gasteiger partial charge in [0, 0.05) is 11.1 Å². The minimum atomic E-state index is -4.71. The Kier molecular flexibility index (Phi) is 4.54. The molecule has 7 heteroatoms. The van der Waals surface area contributed by atoms with Crippen molar-refractivity contribution in [2.75, 3.05) is 11.5 Å². The zero-order valence-corrected chi connectivity index (χ0v) is 13.7. The number of rotatable bonds is 3. The number of amides is 2. The van der Waals surface area contributed by atoms with E-state index in [1.54, 1.807) is 25.1 Å². The molecule has 0 atom stereocenters. The standard InChI is InChI=1S/C19H14F3NO3/c1-2-26-11-14-12-7-3-4-8-13(12)17(24)23(18(14)25)16-10-6-5-9-15(16)19(20,21)22/h3-11H,2H2,1H3/b14-11-. The molecular formula is C19H14F3NO3. The Hall–Kier alpha value is -3.09. The molecule has 2 aromatic rings. The van der Waals surface area contributed by atoms with E-state index in [2.05, 4.69) is 0 Å². The molecule has 2 amide bonds. The first-order valence-electron chi connectivity index (χ1n) is 7.82. The molecule has 0 unspecified atom stereocenters. The molecule has 26 heavy (non-hydrogen) atoms. The Morgan fingerprint density at radius 1 is 0.962 bits per heavy atom. The van der Waals surface area contributed by atoms with Crippen LogP contribution in [0.2, 0.25) is 0 Å². The third kappa shape index (κ3) is 2.96. The molecule has 0 aromatic heterocycles. The van der Waals surface area contributed by atoms with E-state index < -0.39 is 29.2 Å². The van der Waals surface area contributed by atoms with Crippen LogP contribution < -0.4 is 4.90 Å². The largest absolute Gasteiger partial charge is 0.501 e. The molecule has 1 aliphatic heterocycles. The number of carbonyl (C=O) groups excluding carboxylic acids is 2. The van der Waals surface area contributed by atoms with E-state index in [4.69, 9.17) is 4.74 Å². The second-order valence-corrected chi connectivity index (χ2v) is 5.49. The van der Waals surface area contributed by atoms with Gasteiger partial charge in [0.15, 0.2) is 0 Å². The molecule has 2 aromatic carbocycles. The molecule has 0 radical (unpaired) electrons. The SMILES string of the molecule is CCO/C=C1\C(=O)N(c2ccccc2C(F)(F)F)C(=O)c2ccccc21. The highest BCUT2D eigenvalue weighted by molar-refractivity contribution is 6.41. The first-order chi connectivity index (χ1) is 12.4. The summed E-state index contributed by atoms with van der Waals surface area (Å²) < 4.78 is 45.3. The maximum absolute atomic E-state index is 13.4. The summed E-state index contributed by atoms with van der Waals surface area (Å²) >= 11 is 0. The quantitative estimate of drug-likeness (QED) is 0.466. The molecule has 0 N–H and O–H groups in total. The third-order valence-electron chi connectivity index (χ3n) is 3.90. The monoisotopic (exact) mass is 361 g/mol. The Morgan fingerprint density at radius 2 is 1.58 bits per heavy atom. The zero-order valence-electron chi connectivity index (χ0n) is 13.7. The van der Waals surface area contributed by atoms with Crippen molar-refractivity contribution in [2.45, 2.75) is 13.1 Å². The number of nitrogens with zero attached hydrogens (tertiary/aromatic N) is 1. The Labute approximate surface area is 147 Å². The molecule has 0 aliphatic carbocycles. The summed E-state index contributed by atoms with van der Waals surface area (Å²) in [5, 5.41) is 0. The van der Waals surface area contributed by atoms with Gasteiger partial charge < -0.3 is 4.74 Å². The first kappa shape index (κ1) is 17.7. The average Bonchev–Trinajstić information content (AvgIpc) is 2.61. The van der Waals surface area contributed by atoms with Gasteiger partial charge in [-0.05, 0) is 25.1 Å². The molecule has 134 valence electrons. The number of hydrogen-bond donors (Lipinski definition) is 0. The van der Waals surface area contributed by atoms with Crippen LogP contribution in [0.1, 0.15) is 28.4 Å². The Bertz CT molecular complexity index is 903. The third-order valence-corrected chi connectivity index (χ3v) is 3.90. The zero-order chi connectivity index (χ0) is 18.9. The predicted octanol–water partition coefficient (Wildman–Crippen LogP) is 4.27. The van der Waals surface area contributed by atoms with Crippen LogP contribution in [0.5, 0.6) is 0 Å². The fraction of sp³-hybridized carbons (Fsp3) is 0.158. The van der Waals surface area contributed by atoms with Crippen molar-refractivity contribution in [3.05, 3.63) is 71.5 Å². The Morgan fingerprint density at radius 3 is 2.23 bits per heavy atom. The normalized spacial score (nSPS) is 16.0. The number of benzene rings is 2. The van der Waals surface area contributed by atoms with Crippen molar-refractivity contribution in [3.8, 4) is 0 Å². The van der Waals surface area contributed by atoms with Gasteiger partial charge >= 0.3 is 6.18 Å². The van der Waals surface area contributed by atoms with Gasteiger partial charge in [-0.25, -0.2) is 4.90 Å². The molecule has 1 heterocycles. The van der Waals surface area contributed by atoms with Gasteiger partial charge in [0.1, 0.15) is 0 Å². The van der Waals surface area contributed by atoms with Gasteiger partial charge in [0.05, 0.1) is 29.7 Å². The number of fused-ring (bicyclic) bond motifs is 1. The van der Waals surface area contributed by atoms with Crippen LogP contribution in [0.15, 0.2) is 54.8 Å². The lowest BCUT2D eigenvalue weighted by molar-refractivity contribution is -0.137. The summed E-state index contributed by atoms with van der Waals surface area (Å²) in [4.78, 5) is 26.2. The van der Waals surface area contributed by atoms with Crippen molar-refractivity contribution in [1.29, 1.82) is 0 Å². The number of ether oxygens (including phenoxy) is 1. The van der Waals surface area contributed by atoms with Crippen molar-refractivity contribution in [3.63, 3.8) is 0 Å². The van der Waals surface area contributed by atoms with E-state index >= 15 is 0 Å². The lowest BCUT2D eigenvalue weighted by atomic mass is 9.93. The van der Waals surface area contributed by atoms with Gasteiger partial charge in [-0.3, -0.25) is 9.59 Å². The fourth-order valence-corrected chi connectivity index (χ4v) is 2.76. The highest BCUT2D eigenvalue weighted by Crippen LogP contribution is 2.40. The number of anilines is 1. The number of carbonyl (C=O) groups is 2. The first-order valence-corrected chi connectivity index (χ1v) is 7.82. The van der Waals surface area contributed by atoms with Crippen molar-refractivity contribution in [1.82, 2.24) is 0 Å². The highest BCUT2D eigenvalue weighted by Gasteiger charge is 2.41. The van der Waals surface area contributed by atoms with E-state index in [1.807, 2.05) is 0 Å². The number of imide groups is 1. The highest BCUT2D eigenvalue weighted by atomic mass is 19.4. The molecule has 3 rings (SSSR count). The number of para-hydroxylation sites is 1. The second kappa shape index (κ2) is 6.67. The maximum Gasteiger partial charge on any atom is 0.418 e. The van der Waals surface area contributed by atoms with Gasteiger partial charge in [-0.15, -0.1) is 0 Å². The van der Waals surface area contributed by atoms with Gasteiger partial charge in [0.25, 0.3) is 11.8 Å². The summed E-state index contributed by atoms with van der Waals surface area (Å²) in [6.45, 7) is 1.98. The lowest BCUT2D eigenvalue weighted by Crippen LogP contribution is -2.42. The van der Waals surface area contributed by atoms with Gasteiger partial charge in [0.2, 0.25) is 0 Å². The lowest BCUT2D eigenvalue weighted by Gasteiger charge is -2.30. The number of alkyl halides is 3. The Balaban J connectivity index is 2.22. The smallest absolute Gasteiger partial charge is 0.418 e. The molecule has 4 nitrogen and oxygen atoms in total. The molecule has 0 bridgehead atoms. The van der Waals surface area contributed by atoms with Crippen LogP contribution in [-0.2, 0) is 15.7 Å². The summed E-state index contributed by atoms with van der Waals surface area (Å²) in [7, 11) is 0. The van der Waals surface area contributed by atoms with Crippen molar-refractivity contribution >= 4 is 23.1 Å². The van der Waals surface area contributed by atoms with Crippen LogP contribution in [0.3, 0.4) is 0 Å². The maximum atomic E-state index is 13.4. The fourth-order valence-electron chi connectivity index (χ4n) is 2.76. The van der Waals surface area contributed by atoms with E-state index in [9.17, 15) is 22.8 Å². The van der Waals surface area contributed by atoms with Crippen LogP contribution in [0, 0.1) is 0 Å². The van der Waals surface area contributed by atoms with E-state index in [-0.39, 0.29) is 17.7 Å². The minimum absolute atomic E-state index is 0.0269. The molecule has 1 aliphatic rings. The van der Waals surface area contributed by atoms with Gasteiger partial charge in [-0.1, -0.05) is 30.3 Å². The molecule has 0 saturated carbocycles. The van der Waals surface area contributed by atoms with E-state index in [0.29, 0.717) is 10.5 Å². The summed E-state index contributed by atoms with van der Waals surface area (Å²) in [5.74, 6) is -1.67. The van der Waals surface area contributed by atoms with E-state index in [0.717, 1.165) is 12.1 Å². The van der Waals surface area contributed by atoms with Crippen LogP contribution in [0.25, 0.3) is 5.57 Å². The summed E-state index contributed by atoms with van der Waals surface area (Å²) in [5.41, 5.74) is -1.07. The second-order valence-electron chi connectivity index (χ2n) is 5.49. The summed E-state index contributed by atoms with van der Waals surface area (Å²) in [6.07, 6.45) is -3.53. The minimum Gasteiger partial charge on any atom is -0.501 e. The number of halogens is 3. The number of hydrogen-bond acceptors (Lipinski definition) is 3. The summed E-state index contributed by atoms with van der Waals surface area (Å²) in [6, 6.07) is 10.7. The predicted molar refractivity (Wildman–Crippen MR) is 89.3 cm³/mol. The average molecular weight is 361 g/mol.